The van der Waals surface area contributed by atoms with Crippen LogP contribution in [0.3, 0.4) is 0 Å². The summed E-state index contributed by atoms with van der Waals surface area (Å²) in [6.45, 7) is 0.351. The van der Waals surface area contributed by atoms with Crippen molar-refractivity contribution >= 4 is 28.3 Å². The highest BCUT2D eigenvalue weighted by atomic mass is 79.9. The van der Waals surface area contributed by atoms with E-state index in [-0.39, 0.29) is 24.3 Å². The number of rotatable bonds is 2. The van der Waals surface area contributed by atoms with Gasteiger partial charge >= 0.3 is 0 Å². The molecule has 2 nitrogen and oxygen atoms in total. The van der Waals surface area contributed by atoms with Gasteiger partial charge in [-0.05, 0) is 17.7 Å². The third kappa shape index (κ3) is 3.23. The first kappa shape index (κ1) is 12.8. The lowest BCUT2D eigenvalue weighted by Gasteiger charge is -2.10. The third-order valence-corrected chi connectivity index (χ3v) is 2.30. The Bertz CT molecular complexity index is 283. The SMILES string of the molecule is Cl.NC[C@H](N)c1ccc(F)cc1Br. The third-order valence-electron chi connectivity index (χ3n) is 1.62. The van der Waals surface area contributed by atoms with Crippen LogP contribution in [-0.4, -0.2) is 6.54 Å². The lowest BCUT2D eigenvalue weighted by atomic mass is 10.1. The van der Waals surface area contributed by atoms with Gasteiger partial charge < -0.3 is 11.5 Å². The van der Waals surface area contributed by atoms with Crippen molar-refractivity contribution in [3.05, 3.63) is 34.1 Å². The van der Waals surface area contributed by atoms with Crippen LogP contribution >= 0.6 is 28.3 Å². The predicted molar refractivity (Wildman–Crippen MR) is 57.3 cm³/mol. The summed E-state index contributed by atoms with van der Waals surface area (Å²) in [7, 11) is 0. The average Bonchev–Trinajstić information content (AvgIpc) is 2.03. The van der Waals surface area contributed by atoms with Gasteiger partial charge in [0.2, 0.25) is 0 Å². The Balaban J connectivity index is 0.00000144. The maximum atomic E-state index is 12.6. The van der Waals surface area contributed by atoms with Crippen molar-refractivity contribution in [1.82, 2.24) is 0 Å². The highest BCUT2D eigenvalue weighted by Gasteiger charge is 2.07. The molecule has 0 saturated heterocycles. The van der Waals surface area contributed by atoms with Crippen LogP contribution in [0.2, 0.25) is 0 Å². The molecule has 74 valence electrons. The smallest absolute Gasteiger partial charge is 0.124 e. The summed E-state index contributed by atoms with van der Waals surface area (Å²) >= 11 is 3.21. The van der Waals surface area contributed by atoms with Gasteiger partial charge in [0.15, 0.2) is 0 Å². The predicted octanol–water partition coefficient (Wildman–Crippen LogP) is 1.97. The molecule has 0 aliphatic rings. The van der Waals surface area contributed by atoms with E-state index in [2.05, 4.69) is 15.9 Å². The molecule has 1 aromatic carbocycles. The van der Waals surface area contributed by atoms with Crippen molar-refractivity contribution in [1.29, 1.82) is 0 Å². The lowest BCUT2D eigenvalue weighted by molar-refractivity contribution is 0.623. The number of benzene rings is 1. The zero-order valence-corrected chi connectivity index (χ0v) is 9.24. The van der Waals surface area contributed by atoms with E-state index in [1.807, 2.05) is 0 Å². The van der Waals surface area contributed by atoms with Crippen LogP contribution in [0.4, 0.5) is 4.39 Å². The minimum atomic E-state index is -0.283. The number of nitrogens with two attached hydrogens (primary N) is 2. The first-order chi connectivity index (χ1) is 5.65. The normalized spacial score (nSPS) is 12.0. The van der Waals surface area contributed by atoms with Gasteiger partial charge in [-0.15, -0.1) is 12.4 Å². The van der Waals surface area contributed by atoms with Gasteiger partial charge in [0.1, 0.15) is 5.82 Å². The van der Waals surface area contributed by atoms with Gasteiger partial charge in [-0.2, -0.15) is 0 Å². The summed E-state index contributed by atoms with van der Waals surface area (Å²) in [6.07, 6.45) is 0. The number of hydrogen-bond acceptors (Lipinski definition) is 2. The Hall–Kier alpha value is -0.160. The van der Waals surface area contributed by atoms with E-state index in [0.29, 0.717) is 11.0 Å². The molecule has 0 aromatic heterocycles. The van der Waals surface area contributed by atoms with E-state index < -0.39 is 0 Å². The van der Waals surface area contributed by atoms with Gasteiger partial charge in [0.25, 0.3) is 0 Å². The van der Waals surface area contributed by atoms with Crippen molar-refractivity contribution in [2.45, 2.75) is 6.04 Å². The average molecular weight is 270 g/mol. The van der Waals surface area contributed by atoms with Gasteiger partial charge in [0.05, 0.1) is 0 Å². The molecule has 4 N–H and O–H groups in total. The van der Waals surface area contributed by atoms with E-state index in [1.165, 1.54) is 12.1 Å². The summed E-state index contributed by atoms with van der Waals surface area (Å²) in [5.41, 5.74) is 11.9. The minimum Gasteiger partial charge on any atom is -0.329 e. The molecule has 13 heavy (non-hydrogen) atoms. The number of hydrogen-bond donors (Lipinski definition) is 2. The highest BCUT2D eigenvalue weighted by molar-refractivity contribution is 9.10. The number of halogens is 3. The van der Waals surface area contributed by atoms with Crippen LogP contribution in [0, 0.1) is 5.82 Å². The molecule has 1 atom stereocenters. The molecular formula is C8H11BrClFN2. The second kappa shape index (κ2) is 5.54. The Labute approximate surface area is 91.0 Å². The molecule has 0 heterocycles. The van der Waals surface area contributed by atoms with Gasteiger partial charge in [-0.25, -0.2) is 4.39 Å². The highest BCUT2D eigenvalue weighted by Crippen LogP contribution is 2.22. The quantitative estimate of drug-likeness (QED) is 0.862. The van der Waals surface area contributed by atoms with Crippen LogP contribution in [0.25, 0.3) is 0 Å². The monoisotopic (exact) mass is 268 g/mol. The first-order valence-electron chi connectivity index (χ1n) is 3.55. The molecule has 1 rings (SSSR count). The van der Waals surface area contributed by atoms with E-state index >= 15 is 0 Å². The summed E-state index contributed by atoms with van der Waals surface area (Å²) in [5, 5.41) is 0. The zero-order chi connectivity index (χ0) is 9.14. The first-order valence-corrected chi connectivity index (χ1v) is 4.35. The van der Waals surface area contributed by atoms with Crippen molar-refractivity contribution < 1.29 is 4.39 Å². The van der Waals surface area contributed by atoms with Crippen LogP contribution in [0.5, 0.6) is 0 Å². The fourth-order valence-corrected chi connectivity index (χ4v) is 1.57. The van der Waals surface area contributed by atoms with Gasteiger partial charge in [0, 0.05) is 17.1 Å². The Morgan fingerprint density at radius 3 is 2.54 bits per heavy atom. The molecule has 0 aliphatic carbocycles. The second-order valence-electron chi connectivity index (χ2n) is 2.51. The van der Waals surface area contributed by atoms with Gasteiger partial charge in [-0.3, -0.25) is 0 Å². The molecule has 0 aliphatic heterocycles. The fourth-order valence-electron chi connectivity index (χ4n) is 0.929. The second-order valence-corrected chi connectivity index (χ2v) is 3.36. The van der Waals surface area contributed by atoms with Gasteiger partial charge in [-0.1, -0.05) is 22.0 Å². The summed E-state index contributed by atoms with van der Waals surface area (Å²) in [4.78, 5) is 0. The standard InChI is InChI=1S/C8H10BrFN2.ClH/c9-7-3-5(10)1-2-6(7)8(12)4-11;/h1-3,8H,4,11-12H2;1H/t8-;/m0./s1. The molecule has 0 spiro atoms. The largest absolute Gasteiger partial charge is 0.329 e. The lowest BCUT2D eigenvalue weighted by Crippen LogP contribution is -2.21. The molecule has 0 fully saturated rings. The van der Waals surface area contributed by atoms with Crippen molar-refractivity contribution in [2.24, 2.45) is 11.5 Å². The molecular weight excluding hydrogens is 258 g/mol. The molecule has 5 heteroatoms. The molecule has 0 radical (unpaired) electrons. The maximum absolute atomic E-state index is 12.6. The fraction of sp³-hybridized carbons (Fsp3) is 0.250. The Morgan fingerprint density at radius 2 is 2.08 bits per heavy atom. The molecule has 0 saturated carbocycles. The van der Waals surface area contributed by atoms with E-state index in [0.717, 1.165) is 5.56 Å². The Morgan fingerprint density at radius 1 is 1.46 bits per heavy atom. The Kier molecular flexibility index (Phi) is 5.48. The van der Waals surface area contributed by atoms with Crippen LogP contribution in [0.1, 0.15) is 11.6 Å². The van der Waals surface area contributed by atoms with E-state index in [9.17, 15) is 4.39 Å². The summed E-state index contributed by atoms with van der Waals surface area (Å²) in [5.74, 6) is -0.283. The van der Waals surface area contributed by atoms with Crippen LogP contribution < -0.4 is 11.5 Å². The zero-order valence-electron chi connectivity index (χ0n) is 6.84. The van der Waals surface area contributed by atoms with Crippen molar-refractivity contribution in [3.63, 3.8) is 0 Å². The van der Waals surface area contributed by atoms with Crippen molar-refractivity contribution in [3.8, 4) is 0 Å². The van der Waals surface area contributed by atoms with E-state index in [4.69, 9.17) is 11.5 Å². The summed E-state index contributed by atoms with van der Waals surface area (Å²) < 4.78 is 13.3. The molecule has 0 unspecified atom stereocenters. The van der Waals surface area contributed by atoms with Crippen LogP contribution in [0.15, 0.2) is 22.7 Å². The maximum Gasteiger partial charge on any atom is 0.124 e. The van der Waals surface area contributed by atoms with Crippen molar-refractivity contribution in [2.75, 3.05) is 6.54 Å². The van der Waals surface area contributed by atoms with E-state index in [1.54, 1.807) is 6.07 Å². The molecule has 0 bridgehead atoms. The van der Waals surface area contributed by atoms with Crippen LogP contribution in [-0.2, 0) is 0 Å². The molecule has 0 amide bonds. The topological polar surface area (TPSA) is 52.0 Å². The minimum absolute atomic E-state index is 0. The molecule has 1 aromatic rings. The summed E-state index contributed by atoms with van der Waals surface area (Å²) in [6, 6.07) is 4.15.